The highest BCUT2D eigenvalue weighted by Gasteiger charge is 2.24. The van der Waals surface area contributed by atoms with E-state index in [9.17, 15) is 4.39 Å². The number of hydrogen-bond acceptors (Lipinski definition) is 3. The van der Waals surface area contributed by atoms with Gasteiger partial charge in [-0.25, -0.2) is 4.39 Å². The van der Waals surface area contributed by atoms with Crippen LogP contribution in [0.5, 0.6) is 5.75 Å². The fraction of sp³-hybridized carbons (Fsp3) is 0.250. The van der Waals surface area contributed by atoms with Crippen LogP contribution in [0.25, 0.3) is 5.57 Å². The van der Waals surface area contributed by atoms with Crippen molar-refractivity contribution in [2.45, 2.75) is 20.3 Å². The predicted molar refractivity (Wildman–Crippen MR) is 125 cm³/mol. The third-order valence-electron chi connectivity index (χ3n) is 4.94. The average Bonchev–Trinajstić information content (AvgIpc) is 2.68. The summed E-state index contributed by atoms with van der Waals surface area (Å²) in [5.74, 6) is 1.04. The molecule has 0 unspecified atom stereocenters. The van der Waals surface area contributed by atoms with Crippen molar-refractivity contribution in [1.29, 1.82) is 0 Å². The fourth-order valence-corrected chi connectivity index (χ4v) is 3.93. The van der Waals surface area contributed by atoms with Crippen LogP contribution in [-0.4, -0.2) is 18.9 Å². The van der Waals surface area contributed by atoms with Crippen molar-refractivity contribution in [3.63, 3.8) is 0 Å². The first-order chi connectivity index (χ1) is 13.9. The van der Waals surface area contributed by atoms with Crippen LogP contribution in [0.15, 0.2) is 60.8 Å². The molecule has 3 rings (SSSR count). The Morgan fingerprint density at radius 2 is 2.03 bits per heavy atom. The van der Waals surface area contributed by atoms with Crippen molar-refractivity contribution in [3.05, 3.63) is 88.4 Å². The molecule has 152 valence electrons. The zero-order chi connectivity index (χ0) is 21.1. The Kier molecular flexibility index (Phi) is 6.76. The lowest BCUT2D eigenvalue weighted by atomic mass is 9.88. The average molecular weight is 430 g/mol. The molecule has 0 aromatic heterocycles. The van der Waals surface area contributed by atoms with Gasteiger partial charge in [-0.1, -0.05) is 36.9 Å². The molecule has 0 bridgehead atoms. The minimum Gasteiger partial charge on any atom is -0.494 e. The summed E-state index contributed by atoms with van der Waals surface area (Å²) in [6.07, 6.45) is 2.44. The van der Waals surface area contributed by atoms with Crippen LogP contribution in [0.4, 0.5) is 10.1 Å². The number of ether oxygens (including phenoxy) is 1. The van der Waals surface area contributed by atoms with E-state index in [4.69, 9.17) is 16.3 Å². The number of rotatable bonds is 7. The summed E-state index contributed by atoms with van der Waals surface area (Å²) in [5, 5.41) is 0.121. The first-order valence-electron chi connectivity index (χ1n) is 9.54. The number of thiol groups is 1. The molecule has 0 amide bonds. The van der Waals surface area contributed by atoms with Crippen molar-refractivity contribution in [3.8, 4) is 5.75 Å². The summed E-state index contributed by atoms with van der Waals surface area (Å²) in [5.41, 5.74) is 6.27. The van der Waals surface area contributed by atoms with Crippen molar-refractivity contribution < 1.29 is 9.13 Å². The molecule has 2 nitrogen and oxygen atoms in total. The molecule has 0 spiro atoms. The Labute approximate surface area is 182 Å². The number of fused-ring (bicyclic) bond motifs is 1. The highest BCUT2D eigenvalue weighted by atomic mass is 35.5. The standard InChI is InChI=1S/C24H25ClFNOS/c1-5-28-23-13-22-19(16(4)20(15(2)3)14-27(22)9-10-29)12-18(23)11-17-7-6-8-21(25)24(17)26/h6-8,12-14,29H,2,4-5,9-11H2,1,3H3. The molecule has 0 N–H and O–H groups in total. The van der Waals surface area contributed by atoms with Gasteiger partial charge in [-0.05, 0) is 48.3 Å². The predicted octanol–water partition coefficient (Wildman–Crippen LogP) is 6.69. The van der Waals surface area contributed by atoms with Gasteiger partial charge in [0, 0.05) is 42.1 Å². The molecule has 0 saturated carbocycles. The summed E-state index contributed by atoms with van der Waals surface area (Å²) < 4.78 is 20.4. The van der Waals surface area contributed by atoms with E-state index in [0.717, 1.165) is 45.8 Å². The molecular weight excluding hydrogens is 405 g/mol. The number of hydrogen-bond donors (Lipinski definition) is 1. The number of anilines is 1. The van der Waals surface area contributed by atoms with Crippen molar-refractivity contribution in [2.24, 2.45) is 0 Å². The summed E-state index contributed by atoms with van der Waals surface area (Å²) in [4.78, 5) is 2.15. The lowest BCUT2D eigenvalue weighted by Crippen LogP contribution is -2.24. The molecule has 0 saturated heterocycles. The summed E-state index contributed by atoms with van der Waals surface area (Å²) in [7, 11) is 0. The first kappa shape index (κ1) is 21.5. The molecule has 1 aliphatic rings. The van der Waals surface area contributed by atoms with Crippen LogP contribution >= 0.6 is 24.2 Å². The third-order valence-corrected chi connectivity index (χ3v) is 5.43. The van der Waals surface area contributed by atoms with Crippen LogP contribution in [0, 0.1) is 5.82 Å². The van der Waals surface area contributed by atoms with Gasteiger partial charge in [0.25, 0.3) is 0 Å². The third kappa shape index (κ3) is 4.39. The summed E-state index contributed by atoms with van der Waals surface area (Å²) in [6.45, 7) is 13.6. The number of halogens is 2. The topological polar surface area (TPSA) is 12.5 Å². The Morgan fingerprint density at radius 1 is 1.28 bits per heavy atom. The maximum absolute atomic E-state index is 14.5. The van der Waals surface area contributed by atoms with Gasteiger partial charge in [-0.15, -0.1) is 0 Å². The van der Waals surface area contributed by atoms with E-state index in [1.165, 1.54) is 0 Å². The molecule has 1 heterocycles. The van der Waals surface area contributed by atoms with Crippen LogP contribution in [0.2, 0.25) is 5.02 Å². The number of nitrogens with zero attached hydrogens (tertiary/aromatic N) is 1. The van der Waals surface area contributed by atoms with Gasteiger partial charge in [0.05, 0.1) is 17.3 Å². The van der Waals surface area contributed by atoms with E-state index in [2.05, 4.69) is 36.9 Å². The zero-order valence-electron chi connectivity index (χ0n) is 16.8. The van der Waals surface area contributed by atoms with E-state index >= 15 is 0 Å². The summed E-state index contributed by atoms with van der Waals surface area (Å²) in [6, 6.07) is 9.12. The second-order valence-corrected chi connectivity index (χ2v) is 7.87. The van der Waals surface area contributed by atoms with Gasteiger partial charge < -0.3 is 9.64 Å². The second kappa shape index (κ2) is 9.10. The van der Waals surface area contributed by atoms with Crippen LogP contribution in [0.1, 0.15) is 30.5 Å². The molecule has 2 aromatic rings. The smallest absolute Gasteiger partial charge is 0.145 e. The van der Waals surface area contributed by atoms with Gasteiger partial charge in [0.1, 0.15) is 11.6 Å². The molecule has 1 aliphatic heterocycles. The zero-order valence-corrected chi connectivity index (χ0v) is 18.4. The Bertz CT molecular complexity index is 999. The molecule has 0 aliphatic carbocycles. The highest BCUT2D eigenvalue weighted by molar-refractivity contribution is 7.80. The van der Waals surface area contributed by atoms with Gasteiger partial charge in [-0.3, -0.25) is 0 Å². The largest absolute Gasteiger partial charge is 0.494 e. The van der Waals surface area contributed by atoms with Crippen molar-refractivity contribution in [1.82, 2.24) is 0 Å². The van der Waals surface area contributed by atoms with Gasteiger partial charge in [-0.2, -0.15) is 12.6 Å². The Hall–Kier alpha value is -2.17. The van der Waals surface area contributed by atoms with Gasteiger partial charge in [0.15, 0.2) is 0 Å². The number of allylic oxidation sites excluding steroid dienone is 3. The maximum Gasteiger partial charge on any atom is 0.145 e. The van der Waals surface area contributed by atoms with E-state index in [1.807, 2.05) is 26.0 Å². The number of benzene rings is 2. The van der Waals surface area contributed by atoms with E-state index < -0.39 is 5.82 Å². The molecule has 0 atom stereocenters. The monoisotopic (exact) mass is 429 g/mol. The second-order valence-electron chi connectivity index (χ2n) is 7.02. The molecule has 0 radical (unpaired) electrons. The van der Waals surface area contributed by atoms with E-state index in [0.29, 0.717) is 24.3 Å². The highest BCUT2D eigenvalue weighted by Crippen LogP contribution is 2.42. The van der Waals surface area contributed by atoms with E-state index in [-0.39, 0.29) is 5.02 Å². The summed E-state index contributed by atoms with van der Waals surface area (Å²) >= 11 is 10.4. The quantitative estimate of drug-likeness (QED) is 0.492. The lowest BCUT2D eigenvalue weighted by molar-refractivity contribution is 0.337. The molecule has 0 fully saturated rings. The van der Waals surface area contributed by atoms with Gasteiger partial charge in [0.2, 0.25) is 0 Å². The SMILES string of the molecule is C=C(C)C1=CN(CCS)c2cc(OCC)c(Cc3cccc(Cl)c3F)cc2C1=C. The maximum atomic E-state index is 14.5. The fourth-order valence-electron chi connectivity index (χ4n) is 3.52. The molecular formula is C24H25ClFNOS. The van der Waals surface area contributed by atoms with Crippen molar-refractivity contribution >= 4 is 35.5 Å². The van der Waals surface area contributed by atoms with Gasteiger partial charge >= 0.3 is 0 Å². The van der Waals surface area contributed by atoms with Crippen LogP contribution in [0.3, 0.4) is 0 Å². The normalized spacial score (nSPS) is 13.2. The Balaban J connectivity index is 2.13. The minimum atomic E-state index is -0.396. The molecule has 29 heavy (non-hydrogen) atoms. The van der Waals surface area contributed by atoms with E-state index in [1.54, 1.807) is 18.2 Å². The van der Waals surface area contributed by atoms with Crippen LogP contribution < -0.4 is 9.64 Å². The van der Waals surface area contributed by atoms with Crippen molar-refractivity contribution in [2.75, 3.05) is 23.8 Å². The lowest BCUT2D eigenvalue weighted by Gasteiger charge is -2.32. The Morgan fingerprint density at radius 3 is 2.69 bits per heavy atom. The minimum absolute atomic E-state index is 0.121. The first-order valence-corrected chi connectivity index (χ1v) is 10.6. The van der Waals surface area contributed by atoms with Crippen LogP contribution in [-0.2, 0) is 6.42 Å². The molecule has 2 aromatic carbocycles. The molecule has 5 heteroatoms.